The third kappa shape index (κ3) is 1.54. The first-order chi connectivity index (χ1) is 8.66. The number of aryl methyl sites for hydroxylation is 1. The first-order valence-corrected chi connectivity index (χ1v) is 5.82. The second-order valence-electron chi connectivity index (χ2n) is 4.48. The van der Waals surface area contributed by atoms with Crippen LogP contribution in [0.3, 0.4) is 0 Å². The summed E-state index contributed by atoms with van der Waals surface area (Å²) >= 11 is 0. The molecular weight excluding hydrogens is 224 g/mol. The lowest BCUT2D eigenvalue weighted by Gasteiger charge is -2.08. The second kappa shape index (κ2) is 3.84. The van der Waals surface area contributed by atoms with Crippen LogP contribution in [-0.4, -0.2) is 11.1 Å². The quantitative estimate of drug-likeness (QED) is 0.648. The summed E-state index contributed by atoms with van der Waals surface area (Å²) in [5, 5.41) is 13.3. The van der Waals surface area contributed by atoms with Crippen molar-refractivity contribution < 1.29 is 9.90 Å². The highest BCUT2D eigenvalue weighted by Gasteiger charge is 2.10. The molecule has 0 fully saturated rings. The number of carboxylic acids is 1. The minimum Gasteiger partial charge on any atom is -0.478 e. The Bertz CT molecular complexity index is 772. The minimum absolute atomic E-state index is 0.362. The van der Waals surface area contributed by atoms with Crippen molar-refractivity contribution in [3.63, 3.8) is 0 Å². The average molecular weight is 236 g/mol. The van der Waals surface area contributed by atoms with Crippen LogP contribution in [0.2, 0.25) is 0 Å². The Morgan fingerprint density at radius 2 is 1.56 bits per heavy atom. The van der Waals surface area contributed by atoms with Crippen LogP contribution in [0.15, 0.2) is 48.5 Å². The fraction of sp³-hybridized carbons (Fsp3) is 0.0625. The van der Waals surface area contributed by atoms with Gasteiger partial charge in [0.05, 0.1) is 5.56 Å². The first-order valence-electron chi connectivity index (χ1n) is 5.82. The normalized spacial score (nSPS) is 10.9. The van der Waals surface area contributed by atoms with E-state index in [-0.39, 0.29) is 0 Å². The Kier molecular flexibility index (Phi) is 2.30. The van der Waals surface area contributed by atoms with Crippen LogP contribution in [0.4, 0.5) is 0 Å². The van der Waals surface area contributed by atoms with Gasteiger partial charge >= 0.3 is 5.97 Å². The zero-order chi connectivity index (χ0) is 12.7. The smallest absolute Gasteiger partial charge is 0.336 e. The predicted octanol–water partition coefficient (Wildman–Crippen LogP) is 4.00. The van der Waals surface area contributed by atoms with Crippen molar-refractivity contribution in [2.75, 3.05) is 0 Å². The maximum absolute atomic E-state index is 11.3. The highest BCUT2D eigenvalue weighted by molar-refractivity contribution is 6.09. The Labute approximate surface area is 104 Å². The van der Waals surface area contributed by atoms with Gasteiger partial charge in [-0.1, -0.05) is 30.3 Å². The third-order valence-corrected chi connectivity index (χ3v) is 3.33. The SMILES string of the molecule is Cc1ccc(C(=O)O)c2cc3ccccc3cc12. The molecule has 18 heavy (non-hydrogen) atoms. The summed E-state index contributed by atoms with van der Waals surface area (Å²) < 4.78 is 0. The van der Waals surface area contributed by atoms with Gasteiger partial charge in [0.2, 0.25) is 0 Å². The summed E-state index contributed by atoms with van der Waals surface area (Å²) in [6.45, 7) is 2.00. The van der Waals surface area contributed by atoms with Crippen LogP contribution < -0.4 is 0 Å². The summed E-state index contributed by atoms with van der Waals surface area (Å²) in [6, 6.07) is 15.6. The summed E-state index contributed by atoms with van der Waals surface area (Å²) in [4.78, 5) is 11.3. The fourth-order valence-corrected chi connectivity index (χ4v) is 2.36. The Morgan fingerprint density at radius 3 is 2.17 bits per heavy atom. The number of hydrogen-bond donors (Lipinski definition) is 1. The lowest BCUT2D eigenvalue weighted by atomic mass is 9.96. The standard InChI is InChI=1S/C16H12O2/c1-10-6-7-13(16(17)18)15-9-12-5-3-2-4-11(12)8-14(10)15/h2-9H,1H3,(H,17,18). The highest BCUT2D eigenvalue weighted by atomic mass is 16.4. The van der Waals surface area contributed by atoms with Gasteiger partial charge in [-0.15, -0.1) is 0 Å². The molecule has 0 aliphatic heterocycles. The molecule has 3 aromatic carbocycles. The average Bonchev–Trinajstić information content (AvgIpc) is 2.37. The maximum Gasteiger partial charge on any atom is 0.336 e. The number of benzene rings is 3. The van der Waals surface area contributed by atoms with Crippen LogP contribution in [0.1, 0.15) is 15.9 Å². The van der Waals surface area contributed by atoms with E-state index in [0.29, 0.717) is 5.56 Å². The molecule has 0 bridgehead atoms. The van der Waals surface area contributed by atoms with Gasteiger partial charge in [-0.2, -0.15) is 0 Å². The Balaban J connectivity index is 2.52. The number of aromatic carboxylic acids is 1. The van der Waals surface area contributed by atoms with E-state index in [0.717, 1.165) is 27.1 Å². The molecule has 0 atom stereocenters. The van der Waals surface area contributed by atoms with E-state index in [2.05, 4.69) is 6.07 Å². The van der Waals surface area contributed by atoms with Gasteiger partial charge in [-0.3, -0.25) is 0 Å². The van der Waals surface area contributed by atoms with Crippen LogP contribution in [0.25, 0.3) is 21.5 Å². The molecule has 0 aromatic heterocycles. The van der Waals surface area contributed by atoms with Crippen LogP contribution >= 0.6 is 0 Å². The van der Waals surface area contributed by atoms with Crippen LogP contribution in [0, 0.1) is 6.92 Å². The highest BCUT2D eigenvalue weighted by Crippen LogP contribution is 2.28. The van der Waals surface area contributed by atoms with Crippen molar-refractivity contribution in [1.29, 1.82) is 0 Å². The molecule has 0 spiro atoms. The minimum atomic E-state index is -0.879. The molecular formula is C16H12O2. The maximum atomic E-state index is 11.3. The molecule has 1 N–H and O–H groups in total. The molecule has 0 aliphatic rings. The predicted molar refractivity (Wildman–Crippen MR) is 73.2 cm³/mol. The van der Waals surface area contributed by atoms with Crippen molar-refractivity contribution >= 4 is 27.5 Å². The van der Waals surface area contributed by atoms with Crippen molar-refractivity contribution in [2.24, 2.45) is 0 Å². The molecule has 88 valence electrons. The van der Waals surface area contributed by atoms with E-state index in [4.69, 9.17) is 0 Å². The first kappa shape index (κ1) is 10.8. The fourth-order valence-electron chi connectivity index (χ4n) is 2.36. The van der Waals surface area contributed by atoms with Crippen molar-refractivity contribution in [2.45, 2.75) is 6.92 Å². The van der Waals surface area contributed by atoms with E-state index in [9.17, 15) is 9.90 Å². The Morgan fingerprint density at radius 1 is 0.944 bits per heavy atom. The number of rotatable bonds is 1. The van der Waals surface area contributed by atoms with E-state index in [1.807, 2.05) is 43.3 Å². The Hall–Kier alpha value is -2.35. The number of carboxylic acid groups (broad SMARTS) is 1. The van der Waals surface area contributed by atoms with Crippen LogP contribution in [-0.2, 0) is 0 Å². The molecule has 0 unspecified atom stereocenters. The van der Waals surface area contributed by atoms with Gasteiger partial charge in [0, 0.05) is 0 Å². The molecule has 0 saturated heterocycles. The lowest BCUT2D eigenvalue weighted by molar-refractivity contribution is 0.0699. The molecule has 0 amide bonds. The third-order valence-electron chi connectivity index (χ3n) is 3.33. The van der Waals surface area contributed by atoms with Crippen molar-refractivity contribution in [3.05, 3.63) is 59.7 Å². The van der Waals surface area contributed by atoms with Crippen molar-refractivity contribution in [1.82, 2.24) is 0 Å². The summed E-state index contributed by atoms with van der Waals surface area (Å²) in [7, 11) is 0. The number of fused-ring (bicyclic) bond motifs is 2. The van der Waals surface area contributed by atoms with Gasteiger partial charge in [0.1, 0.15) is 0 Å². The number of hydrogen-bond acceptors (Lipinski definition) is 1. The van der Waals surface area contributed by atoms with E-state index in [1.54, 1.807) is 6.07 Å². The molecule has 2 nitrogen and oxygen atoms in total. The largest absolute Gasteiger partial charge is 0.478 e. The zero-order valence-corrected chi connectivity index (χ0v) is 9.97. The van der Waals surface area contributed by atoms with Gasteiger partial charge in [-0.05, 0) is 52.2 Å². The van der Waals surface area contributed by atoms with E-state index in [1.165, 1.54) is 0 Å². The topological polar surface area (TPSA) is 37.3 Å². The molecule has 3 rings (SSSR count). The molecule has 0 saturated carbocycles. The van der Waals surface area contributed by atoms with Crippen LogP contribution in [0.5, 0.6) is 0 Å². The van der Waals surface area contributed by atoms with Gasteiger partial charge < -0.3 is 5.11 Å². The van der Waals surface area contributed by atoms with Gasteiger partial charge in [0.25, 0.3) is 0 Å². The van der Waals surface area contributed by atoms with Gasteiger partial charge in [0.15, 0.2) is 0 Å². The van der Waals surface area contributed by atoms with Crippen molar-refractivity contribution in [3.8, 4) is 0 Å². The number of carbonyl (C=O) groups is 1. The summed E-state index contributed by atoms with van der Waals surface area (Å²) in [5.41, 5.74) is 1.46. The molecule has 0 heterocycles. The monoisotopic (exact) mass is 236 g/mol. The summed E-state index contributed by atoms with van der Waals surface area (Å²) in [6.07, 6.45) is 0. The lowest BCUT2D eigenvalue weighted by Crippen LogP contribution is -1.98. The van der Waals surface area contributed by atoms with E-state index < -0.39 is 5.97 Å². The molecule has 0 radical (unpaired) electrons. The second-order valence-corrected chi connectivity index (χ2v) is 4.48. The summed E-state index contributed by atoms with van der Waals surface area (Å²) in [5.74, 6) is -0.879. The molecule has 2 heteroatoms. The molecule has 0 aliphatic carbocycles. The zero-order valence-electron chi connectivity index (χ0n) is 9.97. The van der Waals surface area contributed by atoms with E-state index >= 15 is 0 Å². The van der Waals surface area contributed by atoms with Gasteiger partial charge in [-0.25, -0.2) is 4.79 Å². The molecule has 3 aromatic rings.